The van der Waals surface area contributed by atoms with Crippen LogP contribution in [0.4, 0.5) is 5.69 Å². The zero-order valence-electron chi connectivity index (χ0n) is 13.6. The molecule has 0 saturated heterocycles. The second-order valence-electron chi connectivity index (χ2n) is 5.02. The first-order valence-corrected chi connectivity index (χ1v) is 8.35. The van der Waals surface area contributed by atoms with E-state index >= 15 is 0 Å². The van der Waals surface area contributed by atoms with E-state index in [0.717, 1.165) is 22.6 Å². The highest BCUT2D eigenvalue weighted by Gasteiger charge is 2.30. The summed E-state index contributed by atoms with van der Waals surface area (Å²) >= 11 is 16.6. The van der Waals surface area contributed by atoms with Crippen LogP contribution in [0.25, 0.3) is 12.2 Å². The lowest BCUT2D eigenvalue weighted by Crippen LogP contribution is -2.26. The van der Waals surface area contributed by atoms with Gasteiger partial charge in [-0.2, -0.15) is 0 Å². The number of hydrogen-bond acceptors (Lipinski definition) is 3. The Kier molecular flexibility index (Phi) is 6.59. The van der Waals surface area contributed by atoms with Crippen LogP contribution in [-0.4, -0.2) is 23.9 Å². The van der Waals surface area contributed by atoms with E-state index in [4.69, 9.17) is 44.3 Å². The number of nitrogens with one attached hydrogen (secondary N) is 1. The summed E-state index contributed by atoms with van der Waals surface area (Å²) < 4.78 is 8.56. The molecule has 2 aromatic carbocycles. The number of carbonyl (C=O) groups excluding carboxylic acids is 1. The maximum absolute atomic E-state index is 11.6. The molecule has 0 atom stereocenters. The smallest absolute Gasteiger partial charge is 0.276 e. The van der Waals surface area contributed by atoms with Gasteiger partial charge in [0.15, 0.2) is 0 Å². The summed E-state index contributed by atoms with van der Waals surface area (Å²) in [5.74, 6) is 0.774. The number of alkyl halides is 3. The van der Waals surface area contributed by atoms with Gasteiger partial charge in [-0.15, -0.1) is 0 Å². The monoisotopic (exact) mass is 399 g/mol. The molecule has 0 aliphatic heterocycles. The van der Waals surface area contributed by atoms with Crippen LogP contribution in [0.3, 0.4) is 0 Å². The molecule has 0 aliphatic rings. The number of halogens is 3. The number of carbonyl (C=O) groups is 1. The Bertz CT molecular complexity index is 768. The second kappa shape index (κ2) is 8.48. The summed E-state index contributed by atoms with van der Waals surface area (Å²) in [7, 11) is 3.22. The molecule has 0 aliphatic carbocycles. The fraction of sp³-hybridized carbons (Fsp3) is 0.167. The van der Waals surface area contributed by atoms with E-state index < -0.39 is 9.70 Å². The van der Waals surface area contributed by atoms with Gasteiger partial charge >= 0.3 is 0 Å². The minimum atomic E-state index is -2.00. The number of rotatable bonds is 5. The van der Waals surface area contributed by atoms with Crippen LogP contribution in [0.5, 0.6) is 11.5 Å². The summed E-state index contributed by atoms with van der Waals surface area (Å²) in [5.41, 5.74) is 2.35. The molecule has 1 N–H and O–H groups in total. The predicted molar refractivity (Wildman–Crippen MR) is 104 cm³/mol. The molecule has 0 spiro atoms. The molecular weight excluding hydrogens is 385 g/mol. The van der Waals surface area contributed by atoms with Gasteiger partial charge in [0.2, 0.25) is 0 Å². The van der Waals surface area contributed by atoms with Gasteiger partial charge in [0, 0.05) is 11.3 Å². The second-order valence-corrected chi connectivity index (χ2v) is 7.30. The SMILES string of the molecule is COc1ccc(OC)c(/C=C/c2ccc(NC(=O)C(Cl)(Cl)Cl)cc2)c1. The Labute approximate surface area is 161 Å². The lowest BCUT2D eigenvalue weighted by Gasteiger charge is -2.11. The van der Waals surface area contributed by atoms with Gasteiger partial charge in [-0.3, -0.25) is 4.79 Å². The molecular formula is C18H16Cl3NO3. The largest absolute Gasteiger partial charge is 0.497 e. The first-order chi connectivity index (χ1) is 11.8. The van der Waals surface area contributed by atoms with Gasteiger partial charge in [-0.25, -0.2) is 0 Å². The first-order valence-electron chi connectivity index (χ1n) is 7.22. The third kappa shape index (κ3) is 5.56. The molecule has 132 valence electrons. The summed E-state index contributed by atoms with van der Waals surface area (Å²) in [6.07, 6.45) is 3.83. The third-order valence-corrected chi connectivity index (χ3v) is 3.83. The van der Waals surface area contributed by atoms with E-state index in [0.29, 0.717) is 5.69 Å². The van der Waals surface area contributed by atoms with Crippen LogP contribution in [0.15, 0.2) is 42.5 Å². The standard InChI is InChI=1S/C18H16Cl3NO3/c1-24-15-9-10-16(25-2)13(11-15)6-3-12-4-7-14(8-5-12)22-17(23)18(19,20)21/h3-11H,1-2H3,(H,22,23)/b6-3+. The zero-order valence-corrected chi connectivity index (χ0v) is 15.8. The molecule has 0 unspecified atom stereocenters. The molecule has 7 heteroatoms. The Hall–Kier alpha value is -1.88. The Balaban J connectivity index is 2.13. The van der Waals surface area contributed by atoms with Crippen LogP contribution in [0, 0.1) is 0 Å². The van der Waals surface area contributed by atoms with Crippen LogP contribution in [-0.2, 0) is 4.79 Å². The van der Waals surface area contributed by atoms with E-state index in [1.54, 1.807) is 26.4 Å². The molecule has 1 amide bonds. The van der Waals surface area contributed by atoms with Gasteiger partial charge in [0.25, 0.3) is 9.70 Å². The molecule has 0 radical (unpaired) electrons. The van der Waals surface area contributed by atoms with Crippen molar-refractivity contribution in [3.63, 3.8) is 0 Å². The topological polar surface area (TPSA) is 47.6 Å². The maximum atomic E-state index is 11.6. The summed E-state index contributed by atoms with van der Waals surface area (Å²) in [4.78, 5) is 11.6. The number of amides is 1. The normalized spacial score (nSPS) is 11.4. The minimum absolute atomic E-state index is 0.535. The molecule has 0 fully saturated rings. The Morgan fingerprint density at radius 3 is 2.24 bits per heavy atom. The maximum Gasteiger partial charge on any atom is 0.276 e. The van der Waals surface area contributed by atoms with E-state index in [9.17, 15) is 4.79 Å². The Morgan fingerprint density at radius 1 is 1.00 bits per heavy atom. The fourth-order valence-electron chi connectivity index (χ4n) is 2.04. The predicted octanol–water partition coefficient (Wildman–Crippen LogP) is 5.18. The highest BCUT2D eigenvalue weighted by atomic mass is 35.6. The zero-order chi connectivity index (χ0) is 18.4. The molecule has 0 aromatic heterocycles. The number of anilines is 1. The molecule has 0 heterocycles. The van der Waals surface area contributed by atoms with Crippen molar-refractivity contribution >= 4 is 58.5 Å². The highest BCUT2D eigenvalue weighted by molar-refractivity contribution is 6.76. The average Bonchev–Trinajstić information content (AvgIpc) is 2.60. The molecule has 0 saturated carbocycles. The van der Waals surface area contributed by atoms with E-state index in [2.05, 4.69) is 5.32 Å². The van der Waals surface area contributed by atoms with Crippen molar-refractivity contribution in [2.24, 2.45) is 0 Å². The lowest BCUT2D eigenvalue weighted by atomic mass is 10.1. The van der Waals surface area contributed by atoms with Crippen LogP contribution in [0.1, 0.15) is 11.1 Å². The molecule has 0 bridgehead atoms. The average molecular weight is 401 g/mol. The van der Waals surface area contributed by atoms with Crippen LogP contribution >= 0.6 is 34.8 Å². The fourth-order valence-corrected chi connectivity index (χ4v) is 2.18. The molecule has 2 aromatic rings. The van der Waals surface area contributed by atoms with Gasteiger partial charge < -0.3 is 14.8 Å². The molecule has 4 nitrogen and oxygen atoms in total. The Morgan fingerprint density at radius 2 is 1.68 bits per heavy atom. The number of hydrogen-bond donors (Lipinski definition) is 1. The summed E-state index contributed by atoms with van der Waals surface area (Å²) in [6, 6.07) is 12.7. The van der Waals surface area contributed by atoms with Gasteiger partial charge in [0.1, 0.15) is 11.5 Å². The van der Waals surface area contributed by atoms with Crippen molar-refractivity contribution in [3.8, 4) is 11.5 Å². The van der Waals surface area contributed by atoms with Crippen molar-refractivity contribution < 1.29 is 14.3 Å². The van der Waals surface area contributed by atoms with E-state index in [1.165, 1.54) is 0 Å². The van der Waals surface area contributed by atoms with Crippen molar-refractivity contribution in [3.05, 3.63) is 53.6 Å². The summed E-state index contributed by atoms with van der Waals surface area (Å²) in [5, 5.41) is 2.52. The highest BCUT2D eigenvalue weighted by Crippen LogP contribution is 2.28. The van der Waals surface area contributed by atoms with Crippen molar-refractivity contribution in [1.29, 1.82) is 0 Å². The van der Waals surface area contributed by atoms with Gasteiger partial charge in [-0.1, -0.05) is 59.1 Å². The molecule has 2 rings (SSSR count). The van der Waals surface area contributed by atoms with Crippen molar-refractivity contribution in [1.82, 2.24) is 0 Å². The van der Waals surface area contributed by atoms with Gasteiger partial charge in [-0.05, 0) is 35.9 Å². The first kappa shape index (κ1) is 19.4. The number of benzene rings is 2. The number of ether oxygens (including phenoxy) is 2. The van der Waals surface area contributed by atoms with Crippen molar-refractivity contribution in [2.75, 3.05) is 19.5 Å². The lowest BCUT2D eigenvalue weighted by molar-refractivity contribution is -0.115. The van der Waals surface area contributed by atoms with E-state index in [-0.39, 0.29) is 0 Å². The van der Waals surface area contributed by atoms with Crippen LogP contribution < -0.4 is 14.8 Å². The minimum Gasteiger partial charge on any atom is -0.497 e. The van der Waals surface area contributed by atoms with E-state index in [1.807, 2.05) is 42.5 Å². The van der Waals surface area contributed by atoms with Crippen LogP contribution in [0.2, 0.25) is 0 Å². The van der Waals surface area contributed by atoms with Gasteiger partial charge in [0.05, 0.1) is 14.2 Å². The third-order valence-electron chi connectivity index (χ3n) is 3.32. The van der Waals surface area contributed by atoms with Crippen molar-refractivity contribution in [2.45, 2.75) is 3.79 Å². The summed E-state index contributed by atoms with van der Waals surface area (Å²) in [6.45, 7) is 0. The number of methoxy groups -OCH3 is 2. The molecule has 25 heavy (non-hydrogen) atoms. The quantitative estimate of drug-likeness (QED) is 0.555.